The lowest BCUT2D eigenvalue weighted by molar-refractivity contribution is 0.0947. The molecule has 0 unspecified atom stereocenters. The van der Waals surface area contributed by atoms with Gasteiger partial charge < -0.3 is 10.1 Å². The molecular weight excluding hydrogens is 400 g/mol. The van der Waals surface area contributed by atoms with Crippen molar-refractivity contribution in [2.24, 2.45) is 0 Å². The largest absolute Gasteiger partial charge is 0.492 e. The summed E-state index contributed by atoms with van der Waals surface area (Å²) in [6.45, 7) is 4.42. The Labute approximate surface area is 177 Å². The molecule has 0 spiro atoms. The Kier molecular flexibility index (Phi) is 6.74. The quantitative estimate of drug-likeness (QED) is 0.537. The van der Waals surface area contributed by atoms with E-state index in [1.54, 1.807) is 24.3 Å². The predicted molar refractivity (Wildman–Crippen MR) is 117 cm³/mol. The van der Waals surface area contributed by atoms with Gasteiger partial charge in [-0.1, -0.05) is 42.0 Å². The van der Waals surface area contributed by atoms with E-state index in [-0.39, 0.29) is 16.4 Å². The van der Waals surface area contributed by atoms with Crippen LogP contribution in [0, 0.1) is 13.8 Å². The lowest BCUT2D eigenvalue weighted by Crippen LogP contribution is -2.28. The number of carbonyl (C=O) groups is 1. The number of anilines is 1. The second-order valence-corrected chi connectivity index (χ2v) is 8.55. The molecule has 30 heavy (non-hydrogen) atoms. The molecule has 156 valence electrons. The van der Waals surface area contributed by atoms with Crippen LogP contribution in [0.15, 0.2) is 77.7 Å². The second kappa shape index (κ2) is 9.45. The van der Waals surface area contributed by atoms with Crippen molar-refractivity contribution >= 4 is 21.6 Å². The van der Waals surface area contributed by atoms with E-state index >= 15 is 0 Å². The van der Waals surface area contributed by atoms with Crippen molar-refractivity contribution in [2.75, 3.05) is 17.9 Å². The minimum absolute atomic E-state index is 0.0225. The molecule has 0 aromatic heterocycles. The van der Waals surface area contributed by atoms with Crippen LogP contribution in [-0.2, 0) is 10.0 Å². The van der Waals surface area contributed by atoms with Crippen molar-refractivity contribution in [1.82, 2.24) is 5.32 Å². The Morgan fingerprint density at radius 3 is 2.40 bits per heavy atom. The molecule has 0 aliphatic carbocycles. The lowest BCUT2D eigenvalue weighted by Gasteiger charge is -2.12. The van der Waals surface area contributed by atoms with Gasteiger partial charge in [-0.05, 0) is 55.8 Å². The molecule has 0 saturated carbocycles. The molecule has 3 rings (SSSR count). The van der Waals surface area contributed by atoms with Crippen molar-refractivity contribution in [3.63, 3.8) is 0 Å². The molecule has 2 N–H and O–H groups in total. The maximum Gasteiger partial charge on any atom is 0.261 e. The second-order valence-electron chi connectivity index (χ2n) is 6.87. The number of sulfonamides is 1. The molecule has 6 nitrogen and oxygen atoms in total. The molecule has 0 saturated heterocycles. The van der Waals surface area contributed by atoms with Crippen molar-refractivity contribution in [1.29, 1.82) is 0 Å². The number of hydrogen-bond donors (Lipinski definition) is 2. The topological polar surface area (TPSA) is 84.5 Å². The molecule has 0 heterocycles. The highest BCUT2D eigenvalue weighted by Gasteiger charge is 2.17. The van der Waals surface area contributed by atoms with Gasteiger partial charge in [-0.3, -0.25) is 9.52 Å². The summed E-state index contributed by atoms with van der Waals surface area (Å²) in [5.41, 5.74) is 2.71. The van der Waals surface area contributed by atoms with E-state index in [1.807, 2.05) is 50.2 Å². The molecule has 3 aromatic rings. The number of nitrogens with one attached hydrogen (secondary N) is 2. The summed E-state index contributed by atoms with van der Waals surface area (Å²) < 4.78 is 33.6. The summed E-state index contributed by atoms with van der Waals surface area (Å²) >= 11 is 0. The fourth-order valence-electron chi connectivity index (χ4n) is 2.77. The lowest BCUT2D eigenvalue weighted by atomic mass is 10.2. The molecular formula is C23H24N2O4S. The Balaban J connectivity index is 1.60. The Hall–Kier alpha value is -3.32. The maximum absolute atomic E-state index is 12.7. The molecule has 0 aliphatic rings. The highest BCUT2D eigenvalue weighted by Crippen LogP contribution is 2.20. The number of aryl methyl sites for hydroxylation is 2. The Morgan fingerprint density at radius 2 is 1.67 bits per heavy atom. The molecule has 3 aromatic carbocycles. The average Bonchev–Trinajstić information content (AvgIpc) is 2.74. The summed E-state index contributed by atoms with van der Waals surface area (Å²) in [5, 5.41) is 2.74. The molecule has 0 radical (unpaired) electrons. The zero-order chi connectivity index (χ0) is 21.6. The van der Waals surface area contributed by atoms with Crippen LogP contribution in [-0.4, -0.2) is 27.5 Å². The number of para-hydroxylation sites is 1. The van der Waals surface area contributed by atoms with Crippen LogP contribution in [0.5, 0.6) is 5.75 Å². The van der Waals surface area contributed by atoms with E-state index in [0.29, 0.717) is 18.8 Å². The molecule has 0 aliphatic heterocycles. The monoisotopic (exact) mass is 424 g/mol. The van der Waals surface area contributed by atoms with E-state index in [0.717, 1.165) is 16.9 Å². The van der Waals surface area contributed by atoms with Crippen LogP contribution < -0.4 is 14.8 Å². The fourth-order valence-corrected chi connectivity index (χ4v) is 3.94. The van der Waals surface area contributed by atoms with E-state index in [2.05, 4.69) is 10.0 Å². The van der Waals surface area contributed by atoms with Gasteiger partial charge in [-0.2, -0.15) is 0 Å². The number of benzene rings is 3. The molecule has 0 fully saturated rings. The first-order valence-corrected chi connectivity index (χ1v) is 11.0. The fraction of sp³-hybridized carbons (Fsp3) is 0.174. The van der Waals surface area contributed by atoms with Gasteiger partial charge in [0.05, 0.1) is 17.1 Å². The number of rotatable bonds is 8. The summed E-state index contributed by atoms with van der Waals surface area (Å²) in [5.74, 6) is 0.362. The first-order chi connectivity index (χ1) is 14.3. The summed E-state index contributed by atoms with van der Waals surface area (Å²) in [7, 11) is -3.81. The third-order valence-electron chi connectivity index (χ3n) is 4.47. The van der Waals surface area contributed by atoms with Crippen molar-refractivity contribution in [3.8, 4) is 5.75 Å². The van der Waals surface area contributed by atoms with Gasteiger partial charge in [0.2, 0.25) is 0 Å². The zero-order valence-electron chi connectivity index (χ0n) is 16.9. The maximum atomic E-state index is 12.7. The zero-order valence-corrected chi connectivity index (χ0v) is 17.7. The summed E-state index contributed by atoms with van der Waals surface area (Å²) in [6, 6.07) is 20.7. The molecule has 0 bridgehead atoms. The standard InChI is InChI=1S/C23H24N2O4S/c1-17-10-12-20(13-11-17)29-15-14-24-23(26)19-7-5-8-21(16-19)30(27,28)25-22-9-4-3-6-18(22)2/h3-13,16,25H,14-15H2,1-2H3,(H,24,26). The van der Waals surface area contributed by atoms with Crippen LogP contribution in [0.1, 0.15) is 21.5 Å². The smallest absolute Gasteiger partial charge is 0.261 e. The number of ether oxygens (including phenoxy) is 1. The van der Waals surface area contributed by atoms with E-state index in [1.165, 1.54) is 12.1 Å². The minimum atomic E-state index is -3.81. The van der Waals surface area contributed by atoms with Gasteiger partial charge in [-0.25, -0.2) is 8.42 Å². The van der Waals surface area contributed by atoms with Crippen molar-refractivity contribution in [2.45, 2.75) is 18.7 Å². The molecule has 7 heteroatoms. The Bertz CT molecular complexity index is 1130. The normalized spacial score (nSPS) is 11.0. The number of amides is 1. The minimum Gasteiger partial charge on any atom is -0.492 e. The Morgan fingerprint density at radius 1 is 0.933 bits per heavy atom. The SMILES string of the molecule is Cc1ccc(OCCNC(=O)c2cccc(S(=O)(=O)Nc3ccccc3C)c2)cc1. The number of carbonyl (C=O) groups excluding carboxylic acids is 1. The van der Waals surface area contributed by atoms with Crippen molar-refractivity contribution < 1.29 is 17.9 Å². The predicted octanol–water partition coefficient (Wildman–Crippen LogP) is 3.91. The summed E-state index contributed by atoms with van der Waals surface area (Å²) in [4.78, 5) is 12.4. The summed E-state index contributed by atoms with van der Waals surface area (Å²) in [6.07, 6.45) is 0. The molecule has 0 atom stereocenters. The third-order valence-corrected chi connectivity index (χ3v) is 5.84. The van der Waals surface area contributed by atoms with E-state index in [9.17, 15) is 13.2 Å². The van der Waals surface area contributed by atoms with Gasteiger partial charge in [0.1, 0.15) is 12.4 Å². The van der Waals surface area contributed by atoms with Crippen LogP contribution >= 0.6 is 0 Å². The van der Waals surface area contributed by atoms with Gasteiger partial charge >= 0.3 is 0 Å². The van der Waals surface area contributed by atoms with Gasteiger partial charge in [0.25, 0.3) is 15.9 Å². The van der Waals surface area contributed by atoms with E-state index in [4.69, 9.17) is 4.74 Å². The highest BCUT2D eigenvalue weighted by molar-refractivity contribution is 7.92. The number of hydrogen-bond acceptors (Lipinski definition) is 4. The highest BCUT2D eigenvalue weighted by atomic mass is 32.2. The average molecular weight is 425 g/mol. The van der Waals surface area contributed by atoms with Crippen LogP contribution in [0.3, 0.4) is 0 Å². The van der Waals surface area contributed by atoms with Crippen LogP contribution in [0.25, 0.3) is 0 Å². The first kappa shape index (κ1) is 21.4. The van der Waals surface area contributed by atoms with E-state index < -0.39 is 10.0 Å². The van der Waals surface area contributed by atoms with Gasteiger partial charge in [0.15, 0.2) is 0 Å². The van der Waals surface area contributed by atoms with Crippen LogP contribution in [0.4, 0.5) is 5.69 Å². The molecule has 1 amide bonds. The van der Waals surface area contributed by atoms with Gasteiger partial charge in [-0.15, -0.1) is 0 Å². The first-order valence-electron chi connectivity index (χ1n) is 9.51. The van der Waals surface area contributed by atoms with Crippen LogP contribution in [0.2, 0.25) is 0 Å². The third kappa shape index (κ3) is 5.61. The van der Waals surface area contributed by atoms with Crippen molar-refractivity contribution in [3.05, 3.63) is 89.5 Å². The van der Waals surface area contributed by atoms with Gasteiger partial charge in [0, 0.05) is 5.56 Å².